The Balaban J connectivity index is 2.12. The summed E-state index contributed by atoms with van der Waals surface area (Å²) in [6.07, 6.45) is -13.3. The first-order chi connectivity index (χ1) is 13.9. The third-order valence-electron chi connectivity index (χ3n) is 5.05. The summed E-state index contributed by atoms with van der Waals surface area (Å²) in [4.78, 5) is 11.5. The van der Waals surface area contributed by atoms with Crippen molar-refractivity contribution >= 4 is 5.97 Å². The van der Waals surface area contributed by atoms with Gasteiger partial charge in [-0.1, -0.05) is 18.2 Å². The highest BCUT2D eigenvalue weighted by atomic mass is 19.4. The molecule has 1 aromatic carbocycles. The average Bonchev–Trinajstić information content (AvgIpc) is 2.99. The number of aromatic nitrogens is 2. The molecule has 1 heterocycles. The molecule has 3 rings (SSSR count). The van der Waals surface area contributed by atoms with E-state index in [0.717, 1.165) is 4.68 Å². The SMILES string of the molecule is O=C(O)c1ccccc1[C@H]1c2c(C(F)(F)F)nn(CCCC(F)(F)F)c2CC[C@@H]1F. The first kappa shape index (κ1) is 22.1. The van der Waals surface area contributed by atoms with E-state index < -0.39 is 61.1 Å². The monoisotopic (exact) mass is 438 g/mol. The number of halogens is 7. The minimum absolute atomic E-state index is 0.0106. The molecule has 164 valence electrons. The molecule has 4 nitrogen and oxygen atoms in total. The fourth-order valence-corrected chi connectivity index (χ4v) is 3.86. The van der Waals surface area contributed by atoms with Crippen LogP contribution in [0, 0.1) is 0 Å². The van der Waals surface area contributed by atoms with Gasteiger partial charge in [-0.05, 0) is 30.9 Å². The maximum absolute atomic E-state index is 14.9. The van der Waals surface area contributed by atoms with Crippen molar-refractivity contribution in [3.63, 3.8) is 0 Å². The van der Waals surface area contributed by atoms with Gasteiger partial charge in [-0.25, -0.2) is 9.18 Å². The second kappa shape index (κ2) is 7.92. The molecule has 0 saturated carbocycles. The van der Waals surface area contributed by atoms with E-state index in [1.54, 1.807) is 0 Å². The molecule has 2 atom stereocenters. The van der Waals surface area contributed by atoms with Gasteiger partial charge >= 0.3 is 18.3 Å². The topological polar surface area (TPSA) is 55.1 Å². The van der Waals surface area contributed by atoms with Crippen molar-refractivity contribution in [3.8, 4) is 0 Å². The van der Waals surface area contributed by atoms with E-state index in [4.69, 9.17) is 0 Å². The van der Waals surface area contributed by atoms with Crippen LogP contribution in [0.5, 0.6) is 0 Å². The fraction of sp³-hybridized carbons (Fsp3) is 0.474. The lowest BCUT2D eigenvalue weighted by molar-refractivity contribution is -0.143. The zero-order chi connectivity index (χ0) is 22.3. The predicted octanol–water partition coefficient (Wildman–Crippen LogP) is 5.36. The van der Waals surface area contributed by atoms with Gasteiger partial charge in [-0.15, -0.1) is 0 Å². The minimum Gasteiger partial charge on any atom is -0.478 e. The van der Waals surface area contributed by atoms with Crippen molar-refractivity contribution in [2.45, 2.75) is 56.7 Å². The molecule has 11 heteroatoms. The van der Waals surface area contributed by atoms with E-state index >= 15 is 0 Å². The molecule has 0 bridgehead atoms. The number of rotatable bonds is 5. The molecule has 0 fully saturated rings. The van der Waals surface area contributed by atoms with Gasteiger partial charge in [0.25, 0.3) is 0 Å². The minimum atomic E-state index is -4.98. The maximum Gasteiger partial charge on any atom is 0.435 e. The summed E-state index contributed by atoms with van der Waals surface area (Å²) >= 11 is 0. The molecular weight excluding hydrogens is 421 g/mol. The highest BCUT2D eigenvalue weighted by molar-refractivity contribution is 5.90. The van der Waals surface area contributed by atoms with Crippen LogP contribution in [0.3, 0.4) is 0 Å². The van der Waals surface area contributed by atoms with Crippen LogP contribution in [0.1, 0.15) is 58.1 Å². The lowest BCUT2D eigenvalue weighted by Gasteiger charge is -2.29. The number of carbonyl (C=O) groups is 1. The molecule has 2 aromatic rings. The Morgan fingerprint density at radius 1 is 1.17 bits per heavy atom. The summed E-state index contributed by atoms with van der Waals surface area (Å²) in [5.74, 6) is -2.95. The molecule has 0 amide bonds. The van der Waals surface area contributed by atoms with Crippen molar-refractivity contribution in [1.29, 1.82) is 0 Å². The van der Waals surface area contributed by atoms with Gasteiger partial charge in [0.1, 0.15) is 6.17 Å². The first-order valence-corrected chi connectivity index (χ1v) is 9.10. The molecule has 1 aliphatic carbocycles. The Labute approximate surface area is 166 Å². The normalized spacial score (nSPS) is 19.6. The van der Waals surface area contributed by atoms with Gasteiger partial charge in [0, 0.05) is 30.1 Å². The Hall–Kier alpha value is -2.59. The second-order valence-electron chi connectivity index (χ2n) is 7.07. The quantitative estimate of drug-likeness (QED) is 0.640. The van der Waals surface area contributed by atoms with E-state index in [9.17, 15) is 40.6 Å². The van der Waals surface area contributed by atoms with Gasteiger partial charge < -0.3 is 5.11 Å². The van der Waals surface area contributed by atoms with Crippen molar-refractivity contribution in [2.24, 2.45) is 0 Å². The van der Waals surface area contributed by atoms with Crippen LogP contribution < -0.4 is 0 Å². The zero-order valence-corrected chi connectivity index (χ0v) is 15.4. The molecular formula is C19H17F7N2O2. The number of benzene rings is 1. The Kier molecular flexibility index (Phi) is 5.83. The van der Waals surface area contributed by atoms with Crippen LogP contribution in [0.25, 0.3) is 0 Å². The zero-order valence-electron chi connectivity index (χ0n) is 15.4. The van der Waals surface area contributed by atoms with E-state index in [0.29, 0.717) is 0 Å². The smallest absolute Gasteiger partial charge is 0.435 e. The predicted molar refractivity (Wildman–Crippen MR) is 91.0 cm³/mol. The summed E-state index contributed by atoms with van der Waals surface area (Å²) < 4.78 is 94.1. The van der Waals surface area contributed by atoms with Crippen LogP contribution in [0.15, 0.2) is 24.3 Å². The van der Waals surface area contributed by atoms with Crippen molar-refractivity contribution in [1.82, 2.24) is 9.78 Å². The number of carboxylic acids is 1. The molecule has 0 radical (unpaired) electrons. The fourth-order valence-electron chi connectivity index (χ4n) is 3.86. The third-order valence-corrected chi connectivity index (χ3v) is 5.05. The van der Waals surface area contributed by atoms with Crippen LogP contribution in [0.4, 0.5) is 30.7 Å². The largest absolute Gasteiger partial charge is 0.478 e. The first-order valence-electron chi connectivity index (χ1n) is 9.10. The van der Waals surface area contributed by atoms with Crippen LogP contribution >= 0.6 is 0 Å². The van der Waals surface area contributed by atoms with E-state index in [1.807, 2.05) is 0 Å². The number of nitrogens with zero attached hydrogens (tertiary/aromatic N) is 2. The van der Waals surface area contributed by atoms with Gasteiger partial charge in [0.15, 0.2) is 5.69 Å². The van der Waals surface area contributed by atoms with Gasteiger partial charge in [-0.3, -0.25) is 4.68 Å². The van der Waals surface area contributed by atoms with E-state index in [-0.39, 0.29) is 29.7 Å². The summed E-state index contributed by atoms with van der Waals surface area (Å²) in [5, 5.41) is 12.9. The lowest BCUT2D eigenvalue weighted by atomic mass is 9.77. The number of carboxylic acid groups (broad SMARTS) is 1. The van der Waals surface area contributed by atoms with Crippen molar-refractivity contribution < 1.29 is 40.6 Å². The summed E-state index contributed by atoms with van der Waals surface area (Å²) in [7, 11) is 0. The van der Waals surface area contributed by atoms with Crippen LogP contribution in [-0.4, -0.2) is 33.2 Å². The van der Waals surface area contributed by atoms with E-state index in [1.165, 1.54) is 24.3 Å². The standard InChI is InChI=1S/C19H17F7N2O2/c20-12-6-7-13-15(14(12)10-4-1-2-5-11(10)17(29)30)16(19(24,25)26)27-28(13)9-3-8-18(21,22)23/h1-2,4-5,12,14H,3,6-9H2,(H,29,30)/t12-,14+/m0/s1. The second-order valence-corrected chi connectivity index (χ2v) is 7.07. The van der Waals surface area contributed by atoms with E-state index in [2.05, 4.69) is 5.10 Å². The maximum atomic E-state index is 14.9. The number of hydrogen-bond acceptors (Lipinski definition) is 2. The lowest BCUT2D eigenvalue weighted by Crippen LogP contribution is -2.27. The highest BCUT2D eigenvalue weighted by Crippen LogP contribution is 2.46. The molecule has 1 aliphatic rings. The number of aryl methyl sites for hydroxylation is 1. The Morgan fingerprint density at radius 2 is 1.83 bits per heavy atom. The molecule has 0 spiro atoms. The summed E-state index contributed by atoms with van der Waals surface area (Å²) in [6.45, 7) is -0.415. The number of fused-ring (bicyclic) bond motifs is 1. The molecule has 0 saturated heterocycles. The Bertz CT molecular complexity index is 934. The summed E-state index contributed by atoms with van der Waals surface area (Å²) in [5.41, 5.74) is -2.36. The highest BCUT2D eigenvalue weighted by Gasteiger charge is 2.46. The number of alkyl halides is 7. The molecule has 30 heavy (non-hydrogen) atoms. The number of aromatic carboxylic acids is 1. The summed E-state index contributed by atoms with van der Waals surface area (Å²) in [6, 6.07) is 5.18. The number of hydrogen-bond donors (Lipinski definition) is 1. The van der Waals surface area contributed by atoms with Crippen LogP contribution in [-0.2, 0) is 19.1 Å². The average molecular weight is 438 g/mol. The molecule has 0 unspecified atom stereocenters. The van der Waals surface area contributed by atoms with Crippen LogP contribution in [0.2, 0.25) is 0 Å². The van der Waals surface area contributed by atoms with Crippen molar-refractivity contribution in [2.75, 3.05) is 0 Å². The molecule has 1 N–H and O–H groups in total. The van der Waals surface area contributed by atoms with Crippen molar-refractivity contribution in [3.05, 3.63) is 52.3 Å². The molecule has 1 aromatic heterocycles. The van der Waals surface area contributed by atoms with Gasteiger partial charge in [0.2, 0.25) is 0 Å². The third kappa shape index (κ3) is 4.44. The molecule has 0 aliphatic heterocycles. The van der Waals surface area contributed by atoms with Gasteiger partial charge in [0.05, 0.1) is 5.56 Å². The Morgan fingerprint density at radius 3 is 2.43 bits per heavy atom. The van der Waals surface area contributed by atoms with Gasteiger partial charge in [-0.2, -0.15) is 31.4 Å².